The number of hydrogen-bond donors (Lipinski definition) is 0. The molecule has 1 heterocycles. The van der Waals surface area contributed by atoms with E-state index in [1.54, 1.807) is 17.5 Å². The number of aryl methyl sites for hydroxylation is 1. The summed E-state index contributed by atoms with van der Waals surface area (Å²) >= 11 is 0. The Labute approximate surface area is 139 Å². The molecule has 0 saturated heterocycles. The Morgan fingerprint density at radius 2 is 1.96 bits per heavy atom. The van der Waals surface area contributed by atoms with Crippen LogP contribution < -0.4 is 0 Å². The minimum Gasteiger partial charge on any atom is -0.443 e. The standard InChI is InChI=1S/C21H27NO/c1-11(2)8-15-9-13(4)16-7-6-12(3)17-19(16)18(15)14(5)21-20(17)22-10-23-21/h8,10,12-13,15-16H,6-7,9H2,1-5H3/t12-,13-,15+,16+/m0/s1. The number of nitrogens with zero attached hydrogens (tertiary/aromatic N) is 1. The highest BCUT2D eigenvalue weighted by atomic mass is 16.3. The van der Waals surface area contributed by atoms with Gasteiger partial charge in [-0.25, -0.2) is 4.98 Å². The monoisotopic (exact) mass is 309 g/mol. The van der Waals surface area contributed by atoms with E-state index < -0.39 is 0 Å². The van der Waals surface area contributed by atoms with Gasteiger partial charge in [0.15, 0.2) is 12.0 Å². The molecule has 0 N–H and O–H groups in total. The van der Waals surface area contributed by atoms with E-state index in [-0.39, 0.29) is 0 Å². The summed E-state index contributed by atoms with van der Waals surface area (Å²) in [5.74, 6) is 2.57. The summed E-state index contributed by atoms with van der Waals surface area (Å²) < 4.78 is 5.81. The Hall–Kier alpha value is -1.57. The van der Waals surface area contributed by atoms with E-state index in [9.17, 15) is 0 Å². The predicted molar refractivity (Wildman–Crippen MR) is 95.1 cm³/mol. The van der Waals surface area contributed by atoms with Crippen LogP contribution in [0.25, 0.3) is 11.1 Å². The van der Waals surface area contributed by atoms with Crippen molar-refractivity contribution in [2.24, 2.45) is 5.92 Å². The van der Waals surface area contributed by atoms with Gasteiger partial charge in [-0.2, -0.15) is 0 Å². The molecule has 23 heavy (non-hydrogen) atoms. The molecule has 4 rings (SSSR count). The van der Waals surface area contributed by atoms with Crippen molar-refractivity contribution in [3.05, 3.63) is 40.3 Å². The molecular formula is C21H27NO. The average Bonchev–Trinajstić information content (AvgIpc) is 2.95. The van der Waals surface area contributed by atoms with Crippen molar-refractivity contribution in [2.45, 2.75) is 71.6 Å². The van der Waals surface area contributed by atoms with E-state index in [0.717, 1.165) is 17.0 Å². The van der Waals surface area contributed by atoms with E-state index >= 15 is 0 Å². The molecule has 122 valence electrons. The van der Waals surface area contributed by atoms with Gasteiger partial charge in [-0.15, -0.1) is 0 Å². The van der Waals surface area contributed by atoms with Crippen LogP contribution in [0.4, 0.5) is 0 Å². The molecular weight excluding hydrogens is 282 g/mol. The zero-order chi connectivity index (χ0) is 16.3. The Kier molecular flexibility index (Phi) is 3.40. The van der Waals surface area contributed by atoms with Crippen molar-refractivity contribution in [3.63, 3.8) is 0 Å². The molecule has 2 aliphatic carbocycles. The molecule has 0 amide bonds. The highest BCUT2D eigenvalue weighted by molar-refractivity contribution is 5.84. The third kappa shape index (κ3) is 2.10. The number of benzene rings is 1. The zero-order valence-corrected chi connectivity index (χ0v) is 14.9. The smallest absolute Gasteiger partial charge is 0.182 e. The average molecular weight is 309 g/mol. The minimum absolute atomic E-state index is 0.528. The summed E-state index contributed by atoms with van der Waals surface area (Å²) in [4.78, 5) is 4.61. The molecule has 2 heteroatoms. The maximum absolute atomic E-state index is 5.81. The van der Waals surface area contributed by atoms with Crippen LogP contribution >= 0.6 is 0 Å². The highest BCUT2D eigenvalue weighted by Gasteiger charge is 2.40. The molecule has 2 aliphatic rings. The van der Waals surface area contributed by atoms with Gasteiger partial charge >= 0.3 is 0 Å². The second kappa shape index (κ2) is 5.22. The number of hydrogen-bond acceptors (Lipinski definition) is 2. The molecule has 0 radical (unpaired) electrons. The van der Waals surface area contributed by atoms with Gasteiger partial charge in [0.2, 0.25) is 0 Å². The topological polar surface area (TPSA) is 26.0 Å². The second-order valence-electron chi connectivity index (χ2n) is 8.04. The summed E-state index contributed by atoms with van der Waals surface area (Å²) in [5.41, 5.74) is 9.56. The normalized spacial score (nSPS) is 29.4. The van der Waals surface area contributed by atoms with Crippen LogP contribution in [0.1, 0.15) is 87.0 Å². The maximum Gasteiger partial charge on any atom is 0.182 e. The van der Waals surface area contributed by atoms with E-state index in [4.69, 9.17) is 4.42 Å². The summed E-state index contributed by atoms with van der Waals surface area (Å²) in [5, 5.41) is 0. The molecule has 0 bridgehead atoms. The molecule has 0 saturated carbocycles. The Bertz CT molecular complexity index is 794. The Morgan fingerprint density at radius 1 is 1.17 bits per heavy atom. The number of oxazole rings is 1. The van der Waals surface area contributed by atoms with Crippen molar-refractivity contribution < 1.29 is 4.42 Å². The fourth-order valence-electron chi connectivity index (χ4n) is 5.20. The lowest BCUT2D eigenvalue weighted by Gasteiger charge is -2.42. The van der Waals surface area contributed by atoms with Crippen molar-refractivity contribution in [1.29, 1.82) is 0 Å². The number of allylic oxidation sites excluding steroid dienone is 2. The molecule has 0 aliphatic heterocycles. The first-order chi connectivity index (χ1) is 11.0. The molecule has 0 fully saturated rings. The number of aromatic nitrogens is 1. The van der Waals surface area contributed by atoms with E-state index in [1.165, 1.54) is 36.0 Å². The van der Waals surface area contributed by atoms with Crippen molar-refractivity contribution in [1.82, 2.24) is 4.98 Å². The van der Waals surface area contributed by atoms with Crippen LogP contribution in [0.3, 0.4) is 0 Å². The second-order valence-corrected chi connectivity index (χ2v) is 8.04. The number of rotatable bonds is 1. The van der Waals surface area contributed by atoms with Gasteiger partial charge < -0.3 is 4.42 Å². The van der Waals surface area contributed by atoms with Crippen LogP contribution in [0.15, 0.2) is 22.5 Å². The molecule has 1 aromatic heterocycles. The van der Waals surface area contributed by atoms with E-state index in [2.05, 4.69) is 45.7 Å². The minimum atomic E-state index is 0.528. The predicted octanol–water partition coefficient (Wildman–Crippen LogP) is 6.21. The van der Waals surface area contributed by atoms with Gasteiger partial charge in [0.25, 0.3) is 0 Å². The molecule has 0 spiro atoms. The van der Waals surface area contributed by atoms with Gasteiger partial charge in [0.1, 0.15) is 5.52 Å². The molecule has 0 unspecified atom stereocenters. The maximum atomic E-state index is 5.81. The largest absolute Gasteiger partial charge is 0.443 e. The fourth-order valence-corrected chi connectivity index (χ4v) is 5.20. The lowest BCUT2D eigenvalue weighted by atomic mass is 9.62. The Morgan fingerprint density at radius 3 is 2.70 bits per heavy atom. The zero-order valence-electron chi connectivity index (χ0n) is 14.9. The molecule has 2 aromatic rings. The first-order valence-electron chi connectivity index (χ1n) is 9.03. The van der Waals surface area contributed by atoms with E-state index in [0.29, 0.717) is 17.8 Å². The summed E-state index contributed by atoms with van der Waals surface area (Å²) in [7, 11) is 0. The first-order valence-corrected chi connectivity index (χ1v) is 9.03. The summed E-state index contributed by atoms with van der Waals surface area (Å²) in [6, 6.07) is 0. The Balaban J connectivity index is 2.10. The van der Waals surface area contributed by atoms with Crippen molar-refractivity contribution in [2.75, 3.05) is 0 Å². The van der Waals surface area contributed by atoms with Crippen LogP contribution in [-0.4, -0.2) is 4.98 Å². The number of fused-ring (bicyclic) bond motifs is 2. The lowest BCUT2D eigenvalue weighted by molar-refractivity contribution is 0.333. The van der Waals surface area contributed by atoms with Gasteiger partial charge in [-0.3, -0.25) is 0 Å². The van der Waals surface area contributed by atoms with Crippen LogP contribution in [-0.2, 0) is 0 Å². The van der Waals surface area contributed by atoms with Gasteiger partial charge in [0, 0.05) is 5.92 Å². The van der Waals surface area contributed by atoms with E-state index in [1.807, 2.05) is 0 Å². The van der Waals surface area contributed by atoms with Crippen LogP contribution in [0.5, 0.6) is 0 Å². The molecule has 1 aromatic carbocycles. The quantitative estimate of drug-likeness (QED) is 0.585. The lowest BCUT2D eigenvalue weighted by Crippen LogP contribution is -2.28. The fraction of sp³-hybridized carbons (Fsp3) is 0.571. The van der Waals surface area contributed by atoms with Crippen molar-refractivity contribution >= 4 is 11.1 Å². The highest BCUT2D eigenvalue weighted by Crippen LogP contribution is 2.54. The third-order valence-corrected chi connectivity index (χ3v) is 6.14. The third-order valence-electron chi connectivity index (χ3n) is 6.14. The first kappa shape index (κ1) is 15.0. The van der Waals surface area contributed by atoms with Crippen LogP contribution in [0.2, 0.25) is 0 Å². The van der Waals surface area contributed by atoms with Crippen LogP contribution in [0, 0.1) is 12.8 Å². The van der Waals surface area contributed by atoms with Gasteiger partial charge in [-0.1, -0.05) is 25.5 Å². The van der Waals surface area contributed by atoms with Gasteiger partial charge in [-0.05, 0) is 80.0 Å². The van der Waals surface area contributed by atoms with Gasteiger partial charge in [0.05, 0.1) is 0 Å². The summed E-state index contributed by atoms with van der Waals surface area (Å²) in [6.07, 6.45) is 7.97. The molecule has 2 nitrogen and oxygen atoms in total. The molecule has 4 atom stereocenters. The SMILES string of the molecule is CC(C)=C[C@@H]1C[C@H](C)[C@H]2CC[C@H](C)c3c2c1c(C)c1ocnc31. The summed E-state index contributed by atoms with van der Waals surface area (Å²) in [6.45, 7) is 11.5. The van der Waals surface area contributed by atoms with Crippen molar-refractivity contribution in [3.8, 4) is 0 Å².